The summed E-state index contributed by atoms with van der Waals surface area (Å²) in [6, 6.07) is 4.37. The first-order valence-corrected chi connectivity index (χ1v) is 5.11. The molecule has 1 heterocycles. The summed E-state index contributed by atoms with van der Waals surface area (Å²) in [6.07, 6.45) is 1.03. The second-order valence-electron chi connectivity index (χ2n) is 3.75. The number of hydrogen-bond donors (Lipinski definition) is 1. The van der Waals surface area contributed by atoms with Crippen molar-refractivity contribution in [2.24, 2.45) is 5.73 Å². The molecule has 1 rings (SSSR count). The van der Waals surface area contributed by atoms with Crippen LogP contribution in [-0.2, 0) is 0 Å². The molecule has 0 aliphatic rings. The van der Waals surface area contributed by atoms with Crippen LogP contribution >= 0.6 is 0 Å². The molecular formula is C11H20N2O. The highest BCUT2D eigenvalue weighted by atomic mass is 16.3. The van der Waals surface area contributed by atoms with E-state index in [9.17, 15) is 0 Å². The van der Waals surface area contributed by atoms with Crippen LogP contribution in [-0.4, -0.2) is 25.0 Å². The van der Waals surface area contributed by atoms with Gasteiger partial charge in [0.25, 0.3) is 0 Å². The molecule has 0 aliphatic heterocycles. The lowest BCUT2D eigenvalue weighted by atomic mass is 10.2. The number of furan rings is 1. The quantitative estimate of drug-likeness (QED) is 0.782. The zero-order valence-corrected chi connectivity index (χ0v) is 9.29. The molecule has 0 saturated carbocycles. The van der Waals surface area contributed by atoms with Crippen LogP contribution in [0.1, 0.15) is 30.9 Å². The van der Waals surface area contributed by atoms with Gasteiger partial charge in [-0.3, -0.25) is 4.90 Å². The Labute approximate surface area is 85.9 Å². The molecule has 2 N–H and O–H groups in total. The minimum Gasteiger partial charge on any atom is -0.465 e. The van der Waals surface area contributed by atoms with E-state index in [1.165, 1.54) is 0 Å². The molecule has 1 aromatic heterocycles. The Balaban J connectivity index is 2.51. The second-order valence-corrected chi connectivity index (χ2v) is 3.75. The van der Waals surface area contributed by atoms with Crippen LogP contribution in [0, 0.1) is 6.92 Å². The highest BCUT2D eigenvalue weighted by Gasteiger charge is 2.13. The van der Waals surface area contributed by atoms with Crippen LogP contribution in [0.5, 0.6) is 0 Å². The Morgan fingerprint density at radius 3 is 2.71 bits per heavy atom. The smallest absolute Gasteiger partial charge is 0.121 e. The molecule has 80 valence electrons. The lowest BCUT2D eigenvalue weighted by Crippen LogP contribution is -2.24. The van der Waals surface area contributed by atoms with Crippen molar-refractivity contribution in [3.05, 3.63) is 23.7 Å². The van der Waals surface area contributed by atoms with Gasteiger partial charge in [-0.2, -0.15) is 0 Å². The van der Waals surface area contributed by atoms with Gasteiger partial charge in [-0.15, -0.1) is 0 Å². The zero-order chi connectivity index (χ0) is 10.6. The molecule has 0 saturated heterocycles. The van der Waals surface area contributed by atoms with Gasteiger partial charge in [0, 0.05) is 0 Å². The van der Waals surface area contributed by atoms with Crippen molar-refractivity contribution in [3.8, 4) is 0 Å². The van der Waals surface area contributed by atoms with Crippen LogP contribution in [0.3, 0.4) is 0 Å². The molecular weight excluding hydrogens is 176 g/mol. The van der Waals surface area contributed by atoms with Gasteiger partial charge in [0.05, 0.1) is 6.04 Å². The first kappa shape index (κ1) is 11.3. The first-order valence-electron chi connectivity index (χ1n) is 5.11. The van der Waals surface area contributed by atoms with Gasteiger partial charge >= 0.3 is 0 Å². The van der Waals surface area contributed by atoms with Crippen molar-refractivity contribution in [2.45, 2.75) is 26.3 Å². The molecule has 1 atom stereocenters. The summed E-state index contributed by atoms with van der Waals surface area (Å²) in [5, 5.41) is 0. The van der Waals surface area contributed by atoms with Gasteiger partial charge in [-0.05, 0) is 52.5 Å². The maximum atomic E-state index is 5.57. The predicted molar refractivity (Wildman–Crippen MR) is 58.2 cm³/mol. The lowest BCUT2D eigenvalue weighted by Gasteiger charge is -2.22. The van der Waals surface area contributed by atoms with E-state index in [2.05, 4.69) is 18.9 Å². The van der Waals surface area contributed by atoms with Crippen LogP contribution in [0.2, 0.25) is 0 Å². The molecule has 3 nitrogen and oxygen atoms in total. The first-order chi connectivity index (χ1) is 6.65. The molecule has 0 fully saturated rings. The molecule has 0 aliphatic carbocycles. The SMILES string of the molecule is Cc1ccc(C(C)N(C)CCCN)o1. The third-order valence-corrected chi connectivity index (χ3v) is 2.55. The number of aryl methyl sites for hydroxylation is 1. The van der Waals surface area contributed by atoms with Crippen molar-refractivity contribution < 1.29 is 4.42 Å². The molecule has 0 amide bonds. The van der Waals surface area contributed by atoms with Gasteiger partial charge in [-0.1, -0.05) is 0 Å². The predicted octanol–water partition coefficient (Wildman–Crippen LogP) is 1.93. The molecule has 0 spiro atoms. The van der Waals surface area contributed by atoms with Crippen LogP contribution in [0.15, 0.2) is 16.5 Å². The summed E-state index contributed by atoms with van der Waals surface area (Å²) in [6.45, 7) is 5.87. The van der Waals surface area contributed by atoms with Gasteiger partial charge in [0.1, 0.15) is 11.5 Å². The van der Waals surface area contributed by atoms with E-state index in [-0.39, 0.29) is 0 Å². The second kappa shape index (κ2) is 5.17. The third kappa shape index (κ3) is 2.86. The van der Waals surface area contributed by atoms with Gasteiger partial charge < -0.3 is 10.2 Å². The van der Waals surface area contributed by atoms with Crippen molar-refractivity contribution in [1.82, 2.24) is 4.90 Å². The van der Waals surface area contributed by atoms with Gasteiger partial charge in [0.15, 0.2) is 0 Å². The van der Waals surface area contributed by atoms with Crippen LogP contribution in [0.25, 0.3) is 0 Å². The van der Waals surface area contributed by atoms with Crippen LogP contribution in [0.4, 0.5) is 0 Å². The fraction of sp³-hybridized carbons (Fsp3) is 0.636. The van der Waals surface area contributed by atoms with E-state index in [0.29, 0.717) is 6.04 Å². The zero-order valence-electron chi connectivity index (χ0n) is 9.29. The number of nitrogens with two attached hydrogens (primary N) is 1. The van der Waals surface area contributed by atoms with E-state index in [4.69, 9.17) is 10.2 Å². The van der Waals surface area contributed by atoms with E-state index in [1.54, 1.807) is 0 Å². The minimum atomic E-state index is 0.329. The summed E-state index contributed by atoms with van der Waals surface area (Å²) in [5.74, 6) is 2.00. The number of nitrogens with zero attached hydrogens (tertiary/aromatic N) is 1. The van der Waals surface area contributed by atoms with Crippen molar-refractivity contribution in [2.75, 3.05) is 20.1 Å². The summed E-state index contributed by atoms with van der Waals surface area (Å²) < 4.78 is 5.57. The van der Waals surface area contributed by atoms with Gasteiger partial charge in [-0.25, -0.2) is 0 Å². The monoisotopic (exact) mass is 196 g/mol. The van der Waals surface area contributed by atoms with Crippen molar-refractivity contribution >= 4 is 0 Å². The Hall–Kier alpha value is -0.800. The highest BCUT2D eigenvalue weighted by molar-refractivity contribution is 5.08. The van der Waals surface area contributed by atoms with E-state index in [0.717, 1.165) is 31.0 Å². The largest absolute Gasteiger partial charge is 0.465 e. The Morgan fingerprint density at radius 1 is 1.50 bits per heavy atom. The van der Waals surface area contributed by atoms with E-state index < -0.39 is 0 Å². The Kier molecular flexibility index (Phi) is 4.17. The normalized spacial score (nSPS) is 13.5. The van der Waals surface area contributed by atoms with E-state index in [1.807, 2.05) is 19.1 Å². The standard InChI is InChI=1S/C11H20N2O/c1-9-5-6-11(14-9)10(2)13(3)8-4-7-12/h5-6,10H,4,7-8,12H2,1-3H3. The lowest BCUT2D eigenvalue weighted by molar-refractivity contribution is 0.228. The third-order valence-electron chi connectivity index (χ3n) is 2.55. The fourth-order valence-corrected chi connectivity index (χ4v) is 1.43. The summed E-state index contributed by atoms with van der Waals surface area (Å²) in [7, 11) is 2.10. The van der Waals surface area contributed by atoms with Gasteiger partial charge in [0.2, 0.25) is 0 Å². The maximum absolute atomic E-state index is 5.57. The molecule has 14 heavy (non-hydrogen) atoms. The van der Waals surface area contributed by atoms with E-state index >= 15 is 0 Å². The Bertz CT molecular complexity index is 270. The molecule has 0 aromatic carbocycles. The number of rotatable bonds is 5. The molecule has 3 heteroatoms. The fourth-order valence-electron chi connectivity index (χ4n) is 1.43. The van der Waals surface area contributed by atoms with Crippen LogP contribution < -0.4 is 5.73 Å². The minimum absolute atomic E-state index is 0.329. The Morgan fingerprint density at radius 2 is 2.21 bits per heavy atom. The topological polar surface area (TPSA) is 42.4 Å². The highest BCUT2D eigenvalue weighted by Crippen LogP contribution is 2.20. The average molecular weight is 196 g/mol. The van der Waals surface area contributed by atoms with Crippen molar-refractivity contribution in [3.63, 3.8) is 0 Å². The molecule has 1 aromatic rings. The number of hydrogen-bond acceptors (Lipinski definition) is 3. The summed E-state index contributed by atoms with van der Waals surface area (Å²) in [4.78, 5) is 2.26. The molecule has 0 bridgehead atoms. The average Bonchev–Trinajstić information content (AvgIpc) is 2.60. The molecule has 1 unspecified atom stereocenters. The van der Waals surface area contributed by atoms with Crippen molar-refractivity contribution in [1.29, 1.82) is 0 Å². The molecule has 0 radical (unpaired) electrons. The summed E-state index contributed by atoms with van der Waals surface area (Å²) >= 11 is 0. The maximum Gasteiger partial charge on any atom is 0.121 e. The summed E-state index contributed by atoms with van der Waals surface area (Å²) in [5.41, 5.74) is 5.47.